The summed E-state index contributed by atoms with van der Waals surface area (Å²) in [7, 11) is 0. The zero-order valence-electron chi connectivity index (χ0n) is 16.6. The summed E-state index contributed by atoms with van der Waals surface area (Å²) in [5.74, 6) is -0.647. The number of aromatic nitrogens is 3. The fourth-order valence-corrected chi connectivity index (χ4v) is 3.65. The van der Waals surface area contributed by atoms with Crippen LogP contribution in [0.25, 0.3) is 5.65 Å². The Hall–Kier alpha value is -3.98. The van der Waals surface area contributed by atoms with E-state index in [0.29, 0.717) is 28.6 Å². The van der Waals surface area contributed by atoms with Crippen LogP contribution in [0.5, 0.6) is 0 Å². The number of furan rings is 1. The fraction of sp³-hybridized carbons (Fsp3) is 0.136. The van der Waals surface area contributed by atoms with Gasteiger partial charge in [0.2, 0.25) is 0 Å². The van der Waals surface area contributed by atoms with Gasteiger partial charge in [0.15, 0.2) is 17.9 Å². The summed E-state index contributed by atoms with van der Waals surface area (Å²) in [5.41, 5.74) is 1.92. The molecule has 5 rings (SSSR count). The zero-order valence-corrected chi connectivity index (χ0v) is 17.3. The van der Waals surface area contributed by atoms with Crippen LogP contribution in [-0.4, -0.2) is 43.6 Å². The van der Waals surface area contributed by atoms with Crippen molar-refractivity contribution >= 4 is 34.8 Å². The first-order valence-electron chi connectivity index (χ1n) is 9.74. The molecule has 0 aliphatic carbocycles. The second-order valence-corrected chi connectivity index (χ2v) is 7.47. The third-order valence-electron chi connectivity index (χ3n) is 5.05. The molecule has 0 saturated carbocycles. The summed E-state index contributed by atoms with van der Waals surface area (Å²) >= 11 is 5.98. The molecular formula is C22H16ClN5O4. The number of rotatable bonds is 5. The Balaban J connectivity index is 1.35. The normalized spacial score (nSPS) is 15.7. The summed E-state index contributed by atoms with van der Waals surface area (Å²) in [6.07, 6.45) is 8.34. The lowest BCUT2D eigenvalue weighted by Gasteiger charge is -2.19. The van der Waals surface area contributed by atoms with Gasteiger partial charge in [-0.05, 0) is 29.8 Å². The highest BCUT2D eigenvalue weighted by Crippen LogP contribution is 2.33. The Kier molecular flexibility index (Phi) is 5.16. The summed E-state index contributed by atoms with van der Waals surface area (Å²) in [6, 6.07) is 10.3. The van der Waals surface area contributed by atoms with E-state index >= 15 is 0 Å². The topological polar surface area (TPSA) is 102 Å². The minimum atomic E-state index is -0.745. The lowest BCUT2D eigenvalue weighted by atomic mass is 10.0. The van der Waals surface area contributed by atoms with E-state index in [2.05, 4.69) is 15.1 Å². The fourth-order valence-electron chi connectivity index (χ4n) is 3.52. The van der Waals surface area contributed by atoms with Gasteiger partial charge in [-0.1, -0.05) is 23.7 Å². The maximum absolute atomic E-state index is 13.0. The predicted octanol–water partition coefficient (Wildman–Crippen LogP) is 3.51. The van der Waals surface area contributed by atoms with Gasteiger partial charge in [0.25, 0.3) is 5.91 Å². The van der Waals surface area contributed by atoms with Crippen molar-refractivity contribution < 1.29 is 18.7 Å². The molecule has 0 N–H and O–H groups in total. The molecule has 10 heteroatoms. The van der Waals surface area contributed by atoms with Gasteiger partial charge >= 0.3 is 5.97 Å². The number of nitrogens with zero attached hydrogens (tertiary/aromatic N) is 5. The number of fused-ring (bicyclic) bond motifs is 1. The smallest absolute Gasteiger partial charge is 0.361 e. The maximum Gasteiger partial charge on any atom is 0.361 e. The van der Waals surface area contributed by atoms with Gasteiger partial charge in [-0.15, -0.1) is 0 Å². The minimum absolute atomic E-state index is 0.0275. The van der Waals surface area contributed by atoms with Crippen molar-refractivity contribution in [3.05, 3.63) is 89.5 Å². The first-order valence-corrected chi connectivity index (χ1v) is 10.1. The molecule has 0 saturated heterocycles. The molecule has 1 aromatic carbocycles. The predicted molar refractivity (Wildman–Crippen MR) is 114 cm³/mol. The Labute approximate surface area is 186 Å². The second kappa shape index (κ2) is 8.27. The number of hydrogen-bond donors (Lipinski definition) is 0. The average molecular weight is 450 g/mol. The van der Waals surface area contributed by atoms with Gasteiger partial charge < -0.3 is 13.6 Å². The first-order chi connectivity index (χ1) is 15.6. The van der Waals surface area contributed by atoms with E-state index in [1.54, 1.807) is 47.3 Å². The van der Waals surface area contributed by atoms with E-state index < -0.39 is 24.5 Å². The van der Waals surface area contributed by atoms with Crippen LogP contribution in [0.15, 0.2) is 77.0 Å². The van der Waals surface area contributed by atoms with Gasteiger partial charge in [-0.2, -0.15) is 5.10 Å². The van der Waals surface area contributed by atoms with Gasteiger partial charge in [0.1, 0.15) is 11.8 Å². The molecule has 1 aliphatic heterocycles. The number of hydrogen-bond acceptors (Lipinski definition) is 7. The van der Waals surface area contributed by atoms with E-state index in [4.69, 9.17) is 20.8 Å². The Morgan fingerprint density at radius 3 is 2.66 bits per heavy atom. The van der Waals surface area contributed by atoms with Crippen LogP contribution in [0, 0.1) is 0 Å². The van der Waals surface area contributed by atoms with Gasteiger partial charge in [-0.25, -0.2) is 19.8 Å². The highest BCUT2D eigenvalue weighted by atomic mass is 35.5. The van der Waals surface area contributed by atoms with Crippen LogP contribution in [0.3, 0.4) is 0 Å². The third kappa shape index (κ3) is 3.74. The number of carbonyl (C=O) groups excluding carboxylic acids is 2. The molecule has 1 aliphatic rings. The largest absolute Gasteiger partial charge is 0.467 e. The quantitative estimate of drug-likeness (QED) is 0.432. The molecule has 3 aromatic heterocycles. The van der Waals surface area contributed by atoms with Crippen molar-refractivity contribution in [3.8, 4) is 0 Å². The number of esters is 1. The molecule has 0 bridgehead atoms. The van der Waals surface area contributed by atoms with E-state index in [1.165, 1.54) is 17.5 Å². The molecule has 32 heavy (non-hydrogen) atoms. The van der Waals surface area contributed by atoms with Crippen molar-refractivity contribution in [2.24, 2.45) is 5.10 Å². The molecule has 1 unspecified atom stereocenters. The molecule has 0 spiro atoms. The highest BCUT2D eigenvalue weighted by molar-refractivity contribution is 6.30. The summed E-state index contributed by atoms with van der Waals surface area (Å²) in [6.45, 7) is -0.503. The molecule has 9 nitrogen and oxygen atoms in total. The lowest BCUT2D eigenvalue weighted by molar-refractivity contribution is -0.136. The number of ether oxygens (including phenoxy) is 1. The second-order valence-electron chi connectivity index (χ2n) is 7.04. The molecule has 0 fully saturated rings. The van der Waals surface area contributed by atoms with E-state index in [9.17, 15) is 9.59 Å². The molecule has 0 radical (unpaired) electrons. The van der Waals surface area contributed by atoms with Crippen LogP contribution in [0.2, 0.25) is 5.02 Å². The van der Waals surface area contributed by atoms with Crippen molar-refractivity contribution in [1.82, 2.24) is 19.4 Å². The minimum Gasteiger partial charge on any atom is -0.467 e. The van der Waals surface area contributed by atoms with Gasteiger partial charge in [-0.3, -0.25) is 4.79 Å². The number of halogens is 1. The number of hydrazone groups is 1. The average Bonchev–Trinajstić information content (AvgIpc) is 3.57. The Bertz CT molecular complexity index is 1310. The SMILES string of the molecule is O=C(OCC(=O)N1N=C(c2ccc(Cl)cc2)CC1c1ccco1)c1nccn2ccnc12. The molecule has 4 aromatic rings. The standard InChI is InChI=1S/C22H16ClN5O4/c23-15-5-3-14(4-6-15)16-12-17(18-2-1-11-31-18)28(26-16)19(29)13-32-22(30)20-21-25-8-10-27(21)9-7-24-20/h1-11,17H,12-13H2. The van der Waals surface area contributed by atoms with Crippen LogP contribution in [-0.2, 0) is 9.53 Å². The monoisotopic (exact) mass is 449 g/mol. The number of benzene rings is 1. The molecule has 1 amide bonds. The van der Waals surface area contributed by atoms with Crippen molar-refractivity contribution in [3.63, 3.8) is 0 Å². The third-order valence-corrected chi connectivity index (χ3v) is 5.30. The number of imidazole rings is 1. The molecule has 1 atom stereocenters. The molecule has 160 valence electrons. The summed E-state index contributed by atoms with van der Waals surface area (Å²) < 4.78 is 12.4. The summed E-state index contributed by atoms with van der Waals surface area (Å²) in [5, 5.41) is 6.39. The zero-order chi connectivity index (χ0) is 22.1. The number of amides is 1. The highest BCUT2D eigenvalue weighted by Gasteiger charge is 2.35. The van der Waals surface area contributed by atoms with E-state index in [0.717, 1.165) is 5.56 Å². The number of carbonyl (C=O) groups is 2. The van der Waals surface area contributed by atoms with Crippen LogP contribution < -0.4 is 0 Å². The summed E-state index contributed by atoms with van der Waals surface area (Å²) in [4.78, 5) is 33.6. The van der Waals surface area contributed by atoms with Crippen molar-refractivity contribution in [2.75, 3.05) is 6.61 Å². The van der Waals surface area contributed by atoms with Crippen LogP contribution in [0.1, 0.15) is 34.3 Å². The Morgan fingerprint density at radius 2 is 1.91 bits per heavy atom. The first kappa shape index (κ1) is 20.0. The van der Waals surface area contributed by atoms with Gasteiger partial charge in [0, 0.05) is 36.2 Å². The van der Waals surface area contributed by atoms with Crippen molar-refractivity contribution in [2.45, 2.75) is 12.5 Å². The van der Waals surface area contributed by atoms with Crippen LogP contribution in [0.4, 0.5) is 0 Å². The van der Waals surface area contributed by atoms with Crippen LogP contribution >= 0.6 is 11.6 Å². The lowest BCUT2D eigenvalue weighted by Crippen LogP contribution is -2.31. The van der Waals surface area contributed by atoms with Gasteiger partial charge in [0.05, 0.1) is 12.0 Å². The maximum atomic E-state index is 13.0. The van der Waals surface area contributed by atoms with E-state index in [-0.39, 0.29) is 5.69 Å². The molecular weight excluding hydrogens is 434 g/mol. The van der Waals surface area contributed by atoms with E-state index in [1.807, 2.05) is 12.1 Å². The Morgan fingerprint density at radius 1 is 1.12 bits per heavy atom. The van der Waals surface area contributed by atoms with Crippen molar-refractivity contribution in [1.29, 1.82) is 0 Å². The molecule has 4 heterocycles.